The average molecular weight is 363 g/mol. The fourth-order valence-electron chi connectivity index (χ4n) is 2.12. The van der Waals surface area contributed by atoms with E-state index in [-0.39, 0.29) is 6.61 Å². The molecule has 0 radical (unpaired) electrons. The van der Waals surface area contributed by atoms with Crippen molar-refractivity contribution in [1.82, 2.24) is 4.98 Å². The number of hydrogen-bond acceptors (Lipinski definition) is 6. The van der Waals surface area contributed by atoms with Gasteiger partial charge in [-0.25, -0.2) is 9.78 Å². The van der Waals surface area contributed by atoms with Gasteiger partial charge in [-0.3, -0.25) is 4.79 Å². The molecule has 0 bridgehead atoms. The number of halogens is 1. The lowest BCUT2D eigenvalue weighted by atomic mass is 10.2. The van der Waals surface area contributed by atoms with E-state index in [1.54, 1.807) is 36.4 Å². The molecule has 2 aromatic rings. The van der Waals surface area contributed by atoms with Crippen LogP contribution in [0.2, 0.25) is 5.02 Å². The molecule has 1 aromatic carbocycles. The molecule has 1 aromatic heterocycles. The third-order valence-electron chi connectivity index (χ3n) is 3.41. The van der Waals surface area contributed by atoms with Crippen LogP contribution in [0.5, 0.6) is 11.5 Å². The molecule has 0 unspecified atom stereocenters. The SMILES string of the molecule is C[C@@H](OC(=O)[C@@H]1COc2ccccc2O1)C(=O)Nc1ccc(Cl)cn1. The molecule has 3 rings (SSSR count). The fraction of sp³-hybridized carbons (Fsp3) is 0.235. The van der Waals surface area contributed by atoms with E-state index in [2.05, 4.69) is 10.3 Å². The van der Waals surface area contributed by atoms with E-state index >= 15 is 0 Å². The Morgan fingerprint density at radius 1 is 1.28 bits per heavy atom. The number of esters is 1. The highest BCUT2D eigenvalue weighted by Crippen LogP contribution is 2.31. The minimum atomic E-state index is -1.02. The molecule has 2 heterocycles. The van der Waals surface area contributed by atoms with Gasteiger partial charge in [0.05, 0.1) is 5.02 Å². The zero-order chi connectivity index (χ0) is 17.8. The summed E-state index contributed by atoms with van der Waals surface area (Å²) in [7, 11) is 0. The Hall–Kier alpha value is -2.80. The van der Waals surface area contributed by atoms with Crippen LogP contribution in [0.3, 0.4) is 0 Å². The topological polar surface area (TPSA) is 86.8 Å². The average Bonchev–Trinajstić information content (AvgIpc) is 2.63. The first-order valence-corrected chi connectivity index (χ1v) is 7.92. The second kappa shape index (κ2) is 7.40. The highest BCUT2D eigenvalue weighted by molar-refractivity contribution is 6.30. The van der Waals surface area contributed by atoms with Gasteiger partial charge in [-0.1, -0.05) is 23.7 Å². The predicted molar refractivity (Wildman–Crippen MR) is 89.8 cm³/mol. The summed E-state index contributed by atoms with van der Waals surface area (Å²) in [5.74, 6) is 0.134. The number of pyridine rings is 1. The van der Waals surface area contributed by atoms with Gasteiger partial charge in [-0.15, -0.1) is 0 Å². The number of nitrogens with zero attached hydrogens (tertiary/aromatic N) is 1. The number of rotatable bonds is 4. The molecule has 0 fully saturated rings. The Morgan fingerprint density at radius 2 is 2.04 bits per heavy atom. The van der Waals surface area contributed by atoms with E-state index in [9.17, 15) is 9.59 Å². The van der Waals surface area contributed by atoms with Gasteiger partial charge in [0.2, 0.25) is 6.10 Å². The number of amides is 1. The number of anilines is 1. The largest absolute Gasteiger partial charge is 0.485 e. The molecule has 1 amide bonds. The van der Waals surface area contributed by atoms with Crippen LogP contribution in [-0.2, 0) is 14.3 Å². The van der Waals surface area contributed by atoms with Crippen molar-refractivity contribution in [3.05, 3.63) is 47.6 Å². The van der Waals surface area contributed by atoms with Gasteiger partial charge in [-0.2, -0.15) is 0 Å². The number of hydrogen-bond donors (Lipinski definition) is 1. The first-order chi connectivity index (χ1) is 12.0. The number of carbonyl (C=O) groups excluding carboxylic acids is 2. The summed E-state index contributed by atoms with van der Waals surface area (Å²) in [6.07, 6.45) is -0.553. The van der Waals surface area contributed by atoms with Crippen LogP contribution in [-0.4, -0.2) is 35.7 Å². The van der Waals surface area contributed by atoms with Crippen LogP contribution in [0.4, 0.5) is 5.82 Å². The fourth-order valence-corrected chi connectivity index (χ4v) is 2.23. The molecule has 8 heteroatoms. The summed E-state index contributed by atoms with van der Waals surface area (Å²) in [5, 5.41) is 2.99. The van der Waals surface area contributed by atoms with E-state index in [4.69, 9.17) is 25.8 Å². The molecule has 25 heavy (non-hydrogen) atoms. The zero-order valence-electron chi connectivity index (χ0n) is 13.3. The molecule has 1 aliphatic rings. The molecule has 0 saturated carbocycles. The van der Waals surface area contributed by atoms with E-state index in [1.165, 1.54) is 13.1 Å². The van der Waals surface area contributed by atoms with Gasteiger partial charge in [0, 0.05) is 6.20 Å². The summed E-state index contributed by atoms with van der Waals surface area (Å²) < 4.78 is 16.2. The van der Waals surface area contributed by atoms with Gasteiger partial charge in [-0.05, 0) is 31.2 Å². The standard InChI is InChI=1S/C17H15ClN2O5/c1-10(16(21)20-15-7-6-11(18)8-19-15)24-17(22)14-9-23-12-4-2-3-5-13(12)25-14/h2-8,10,14H,9H2,1H3,(H,19,20,21)/t10-,14+/m1/s1. The van der Waals surface area contributed by atoms with Crippen molar-refractivity contribution in [1.29, 1.82) is 0 Å². The van der Waals surface area contributed by atoms with Gasteiger partial charge in [0.25, 0.3) is 5.91 Å². The quantitative estimate of drug-likeness (QED) is 0.841. The lowest BCUT2D eigenvalue weighted by Gasteiger charge is -2.25. The minimum Gasteiger partial charge on any atom is -0.485 e. The lowest BCUT2D eigenvalue weighted by Crippen LogP contribution is -2.41. The Balaban J connectivity index is 1.55. The van der Waals surface area contributed by atoms with Gasteiger partial charge in [0.1, 0.15) is 12.4 Å². The number of nitrogens with one attached hydrogen (secondary N) is 1. The van der Waals surface area contributed by atoms with Crippen LogP contribution in [0.1, 0.15) is 6.92 Å². The minimum absolute atomic E-state index is 0.0168. The molecule has 0 saturated heterocycles. The molecule has 7 nitrogen and oxygen atoms in total. The molecular weight excluding hydrogens is 348 g/mol. The van der Waals surface area contributed by atoms with Gasteiger partial charge in [0.15, 0.2) is 17.6 Å². The highest BCUT2D eigenvalue weighted by atomic mass is 35.5. The summed E-state index contributed by atoms with van der Waals surface area (Å²) in [5.41, 5.74) is 0. The molecule has 2 atom stereocenters. The van der Waals surface area contributed by atoms with Crippen LogP contribution >= 0.6 is 11.6 Å². The smallest absolute Gasteiger partial charge is 0.351 e. The molecule has 0 spiro atoms. The third kappa shape index (κ3) is 4.19. The number of ether oxygens (including phenoxy) is 3. The maximum atomic E-state index is 12.2. The van der Waals surface area contributed by atoms with Crippen molar-refractivity contribution in [2.45, 2.75) is 19.1 Å². The third-order valence-corrected chi connectivity index (χ3v) is 3.64. The normalized spacial score (nSPS) is 16.6. The van der Waals surface area contributed by atoms with Crippen LogP contribution in [0, 0.1) is 0 Å². The molecule has 1 N–H and O–H groups in total. The Labute approximate surface area is 148 Å². The number of benzene rings is 1. The van der Waals surface area contributed by atoms with Gasteiger partial charge < -0.3 is 19.5 Å². The molecule has 1 aliphatic heterocycles. The van der Waals surface area contributed by atoms with Crippen molar-refractivity contribution >= 4 is 29.3 Å². The number of carbonyl (C=O) groups is 2. The number of para-hydroxylation sites is 2. The maximum absolute atomic E-state index is 12.2. The van der Waals surface area contributed by atoms with E-state index < -0.39 is 24.1 Å². The summed E-state index contributed by atoms with van der Waals surface area (Å²) in [6.45, 7) is 1.48. The van der Waals surface area contributed by atoms with Crippen molar-refractivity contribution in [2.75, 3.05) is 11.9 Å². The first-order valence-electron chi connectivity index (χ1n) is 7.54. The number of fused-ring (bicyclic) bond motifs is 1. The lowest BCUT2D eigenvalue weighted by molar-refractivity contribution is -0.162. The molecular formula is C17H15ClN2O5. The van der Waals surface area contributed by atoms with Crippen molar-refractivity contribution in [3.63, 3.8) is 0 Å². The first kappa shape index (κ1) is 17.0. The van der Waals surface area contributed by atoms with Crippen LogP contribution in [0.15, 0.2) is 42.6 Å². The van der Waals surface area contributed by atoms with Crippen molar-refractivity contribution in [3.8, 4) is 11.5 Å². The molecule has 0 aliphatic carbocycles. The van der Waals surface area contributed by atoms with Crippen LogP contribution < -0.4 is 14.8 Å². The second-order valence-corrected chi connectivity index (χ2v) is 5.73. The maximum Gasteiger partial charge on any atom is 0.351 e. The van der Waals surface area contributed by atoms with Crippen LogP contribution in [0.25, 0.3) is 0 Å². The van der Waals surface area contributed by atoms with Crippen molar-refractivity contribution < 1.29 is 23.8 Å². The van der Waals surface area contributed by atoms with E-state index in [0.717, 1.165) is 0 Å². The Morgan fingerprint density at radius 3 is 2.76 bits per heavy atom. The molecule has 130 valence electrons. The Kier molecular flexibility index (Phi) is 5.04. The second-order valence-electron chi connectivity index (χ2n) is 5.29. The van der Waals surface area contributed by atoms with E-state index in [0.29, 0.717) is 22.3 Å². The van der Waals surface area contributed by atoms with Crippen molar-refractivity contribution in [2.24, 2.45) is 0 Å². The van der Waals surface area contributed by atoms with Gasteiger partial charge >= 0.3 is 5.97 Å². The number of aromatic nitrogens is 1. The van der Waals surface area contributed by atoms with E-state index in [1.807, 2.05) is 0 Å². The predicted octanol–water partition coefficient (Wildman–Crippen LogP) is 2.45. The monoisotopic (exact) mass is 362 g/mol. The zero-order valence-corrected chi connectivity index (χ0v) is 14.0. The summed E-state index contributed by atoms with van der Waals surface area (Å²) >= 11 is 5.73. The Bertz CT molecular complexity index is 781. The summed E-state index contributed by atoms with van der Waals surface area (Å²) in [4.78, 5) is 28.2. The summed E-state index contributed by atoms with van der Waals surface area (Å²) in [6, 6.07) is 10.1. The highest BCUT2D eigenvalue weighted by Gasteiger charge is 2.31.